The highest BCUT2D eigenvalue weighted by Crippen LogP contribution is 2.38. The van der Waals surface area contributed by atoms with Crippen molar-refractivity contribution in [2.45, 2.75) is 31.8 Å². The lowest BCUT2D eigenvalue weighted by Crippen LogP contribution is -1.99. The van der Waals surface area contributed by atoms with E-state index in [1.807, 2.05) is 18.2 Å². The van der Waals surface area contributed by atoms with E-state index in [-0.39, 0.29) is 0 Å². The Morgan fingerprint density at radius 1 is 1.25 bits per heavy atom. The average molecular weight is 353 g/mol. The summed E-state index contributed by atoms with van der Waals surface area (Å²) >= 11 is 5.28. The summed E-state index contributed by atoms with van der Waals surface area (Å²) in [5, 5.41) is 10.6. The van der Waals surface area contributed by atoms with Gasteiger partial charge in [0.2, 0.25) is 0 Å². The first-order valence-electron chi connectivity index (χ1n) is 6.82. The molecule has 0 radical (unpaired) electrons. The molecule has 1 N–H and O–H groups in total. The highest BCUT2D eigenvalue weighted by atomic mass is 79.9. The van der Waals surface area contributed by atoms with Gasteiger partial charge in [0, 0.05) is 19.8 Å². The summed E-state index contributed by atoms with van der Waals surface area (Å²) < 4.78 is 6.08. The van der Waals surface area contributed by atoms with Crippen LogP contribution < -0.4 is 4.74 Å². The quantitative estimate of drug-likeness (QED) is 0.882. The van der Waals surface area contributed by atoms with Crippen molar-refractivity contribution in [1.29, 1.82) is 0 Å². The molecule has 3 rings (SSSR count). The van der Waals surface area contributed by atoms with Crippen molar-refractivity contribution in [3.63, 3.8) is 0 Å². The molecule has 1 heterocycles. The van der Waals surface area contributed by atoms with Crippen LogP contribution in [0.2, 0.25) is 0 Å². The summed E-state index contributed by atoms with van der Waals surface area (Å²) in [6, 6.07) is 7.88. The lowest BCUT2D eigenvalue weighted by Gasteiger charge is -2.12. The van der Waals surface area contributed by atoms with Crippen molar-refractivity contribution >= 4 is 27.3 Å². The number of aliphatic hydroxyl groups is 1. The molecule has 1 aromatic carbocycles. The van der Waals surface area contributed by atoms with E-state index in [1.54, 1.807) is 18.4 Å². The van der Waals surface area contributed by atoms with Crippen LogP contribution in [0.25, 0.3) is 0 Å². The highest BCUT2D eigenvalue weighted by molar-refractivity contribution is 9.10. The zero-order chi connectivity index (χ0) is 14.1. The molecule has 106 valence electrons. The minimum absolute atomic E-state index is 0.564. The van der Waals surface area contributed by atoms with Crippen molar-refractivity contribution in [3.8, 4) is 5.75 Å². The summed E-state index contributed by atoms with van der Waals surface area (Å²) in [4.78, 5) is 2.50. The van der Waals surface area contributed by atoms with Crippen LogP contribution in [0, 0.1) is 0 Å². The summed E-state index contributed by atoms with van der Waals surface area (Å²) in [6.07, 6.45) is 4.30. The number of thiophene rings is 1. The van der Waals surface area contributed by atoms with E-state index in [0.29, 0.717) is 0 Å². The largest absolute Gasteiger partial charge is 0.497 e. The fraction of sp³-hybridized carbons (Fsp3) is 0.375. The number of benzene rings is 1. The molecule has 20 heavy (non-hydrogen) atoms. The number of aliphatic hydroxyl groups excluding tert-OH is 1. The van der Waals surface area contributed by atoms with Crippen LogP contribution in [0.1, 0.15) is 39.8 Å². The molecule has 0 saturated carbocycles. The number of hydrogen-bond acceptors (Lipinski definition) is 3. The van der Waals surface area contributed by atoms with Crippen LogP contribution in [0.3, 0.4) is 0 Å². The van der Waals surface area contributed by atoms with Crippen LogP contribution in [-0.2, 0) is 12.8 Å². The molecular weight excluding hydrogens is 336 g/mol. The molecule has 4 heteroatoms. The van der Waals surface area contributed by atoms with Gasteiger partial charge in [-0.25, -0.2) is 0 Å². The molecule has 0 aliphatic heterocycles. The van der Waals surface area contributed by atoms with Crippen LogP contribution in [0.15, 0.2) is 28.7 Å². The molecule has 2 nitrogen and oxygen atoms in total. The van der Waals surface area contributed by atoms with E-state index in [9.17, 15) is 5.11 Å². The van der Waals surface area contributed by atoms with Crippen LogP contribution in [0.4, 0.5) is 0 Å². The first kappa shape index (κ1) is 14.1. The lowest BCUT2D eigenvalue weighted by atomic mass is 9.98. The third kappa shape index (κ3) is 2.65. The molecule has 0 fully saturated rings. The van der Waals surface area contributed by atoms with Crippen LogP contribution in [0.5, 0.6) is 5.75 Å². The minimum Gasteiger partial charge on any atom is -0.497 e. The first-order chi connectivity index (χ1) is 9.69. The van der Waals surface area contributed by atoms with E-state index < -0.39 is 6.10 Å². The number of fused-ring (bicyclic) bond motifs is 1. The van der Waals surface area contributed by atoms with Gasteiger partial charge in [0.05, 0.1) is 7.11 Å². The van der Waals surface area contributed by atoms with Gasteiger partial charge in [-0.05, 0) is 49.4 Å². The molecule has 1 aliphatic rings. The maximum Gasteiger partial charge on any atom is 0.120 e. The maximum absolute atomic E-state index is 10.6. The molecule has 0 spiro atoms. The summed E-state index contributed by atoms with van der Waals surface area (Å²) in [5.74, 6) is 0.790. The number of aryl methyl sites for hydroxylation is 2. The van der Waals surface area contributed by atoms with Crippen molar-refractivity contribution < 1.29 is 9.84 Å². The average Bonchev–Trinajstić information content (AvgIpc) is 2.90. The zero-order valence-electron chi connectivity index (χ0n) is 11.4. The van der Waals surface area contributed by atoms with Gasteiger partial charge in [-0.2, -0.15) is 0 Å². The van der Waals surface area contributed by atoms with Gasteiger partial charge in [0.15, 0.2) is 0 Å². The standard InChI is InChI=1S/C16H17BrO2S/c1-19-11-6-7-12(13(17)9-11)16(18)15-8-10-4-2-3-5-14(10)20-15/h6-9,16,18H,2-5H2,1H3. The molecular formula is C16H17BrO2S. The van der Waals surface area contributed by atoms with Crippen molar-refractivity contribution in [1.82, 2.24) is 0 Å². The van der Waals surface area contributed by atoms with E-state index >= 15 is 0 Å². The topological polar surface area (TPSA) is 29.5 Å². The zero-order valence-corrected chi connectivity index (χ0v) is 13.8. The van der Waals surface area contributed by atoms with Crippen molar-refractivity contribution in [2.24, 2.45) is 0 Å². The SMILES string of the molecule is COc1ccc(C(O)c2cc3c(s2)CCCC3)c(Br)c1. The van der Waals surface area contributed by atoms with E-state index in [2.05, 4.69) is 22.0 Å². The number of hydrogen-bond donors (Lipinski definition) is 1. The number of halogens is 1. The molecule has 2 aromatic rings. The maximum atomic E-state index is 10.6. The van der Waals surface area contributed by atoms with Gasteiger partial charge in [-0.3, -0.25) is 0 Å². The minimum atomic E-state index is -0.564. The van der Waals surface area contributed by atoms with Gasteiger partial charge < -0.3 is 9.84 Å². The van der Waals surface area contributed by atoms with Gasteiger partial charge in [-0.15, -0.1) is 11.3 Å². The summed E-state index contributed by atoms with van der Waals surface area (Å²) in [6.45, 7) is 0. The van der Waals surface area contributed by atoms with Crippen LogP contribution in [-0.4, -0.2) is 12.2 Å². The number of ether oxygens (including phenoxy) is 1. The fourth-order valence-electron chi connectivity index (χ4n) is 2.66. The Balaban J connectivity index is 1.92. The molecule has 1 unspecified atom stereocenters. The van der Waals surface area contributed by atoms with Crippen molar-refractivity contribution in [2.75, 3.05) is 7.11 Å². The first-order valence-corrected chi connectivity index (χ1v) is 8.43. The molecule has 1 aliphatic carbocycles. The Labute approximate surface area is 131 Å². The third-order valence-corrected chi connectivity index (χ3v) is 5.76. The lowest BCUT2D eigenvalue weighted by molar-refractivity contribution is 0.223. The normalized spacial score (nSPS) is 15.8. The van der Waals surface area contributed by atoms with E-state index in [1.165, 1.54) is 23.3 Å². The van der Waals surface area contributed by atoms with Crippen molar-refractivity contribution in [3.05, 3.63) is 49.6 Å². The Hall–Kier alpha value is -0.840. The second kappa shape index (κ2) is 5.88. The highest BCUT2D eigenvalue weighted by Gasteiger charge is 2.20. The van der Waals surface area contributed by atoms with Gasteiger partial charge in [0.1, 0.15) is 11.9 Å². The summed E-state index contributed by atoms with van der Waals surface area (Å²) in [5.41, 5.74) is 2.32. The third-order valence-electron chi connectivity index (χ3n) is 3.79. The van der Waals surface area contributed by atoms with Crippen LogP contribution >= 0.6 is 27.3 Å². The molecule has 0 amide bonds. The Morgan fingerprint density at radius 3 is 2.75 bits per heavy atom. The molecule has 1 atom stereocenters. The van der Waals surface area contributed by atoms with Gasteiger partial charge >= 0.3 is 0 Å². The van der Waals surface area contributed by atoms with Gasteiger partial charge in [-0.1, -0.05) is 22.0 Å². The Kier molecular flexibility index (Phi) is 4.15. The second-order valence-electron chi connectivity index (χ2n) is 5.09. The van der Waals surface area contributed by atoms with Gasteiger partial charge in [0.25, 0.3) is 0 Å². The Bertz CT molecular complexity index is 597. The molecule has 1 aromatic heterocycles. The fourth-order valence-corrected chi connectivity index (χ4v) is 4.50. The smallest absolute Gasteiger partial charge is 0.120 e. The molecule has 0 saturated heterocycles. The monoisotopic (exact) mass is 352 g/mol. The molecule has 0 bridgehead atoms. The number of methoxy groups -OCH3 is 1. The van der Waals surface area contributed by atoms with E-state index in [0.717, 1.165) is 33.5 Å². The number of rotatable bonds is 3. The predicted octanol–water partition coefficient (Wildman–Crippen LogP) is 4.48. The van der Waals surface area contributed by atoms with E-state index in [4.69, 9.17) is 4.74 Å². The second-order valence-corrected chi connectivity index (χ2v) is 7.12. The Morgan fingerprint density at radius 2 is 2.05 bits per heavy atom. The predicted molar refractivity (Wildman–Crippen MR) is 85.7 cm³/mol. The summed E-state index contributed by atoms with van der Waals surface area (Å²) in [7, 11) is 1.64.